The predicted molar refractivity (Wildman–Crippen MR) is 99.1 cm³/mol. The van der Waals surface area contributed by atoms with Gasteiger partial charge in [0.1, 0.15) is 5.75 Å². The van der Waals surface area contributed by atoms with Crippen LogP contribution in [0.25, 0.3) is 11.5 Å². The van der Waals surface area contributed by atoms with Crippen LogP contribution in [0.5, 0.6) is 5.75 Å². The highest BCUT2D eigenvalue weighted by Gasteiger charge is 2.19. The van der Waals surface area contributed by atoms with Crippen LogP contribution in [0.2, 0.25) is 0 Å². The first-order chi connectivity index (χ1) is 12.7. The van der Waals surface area contributed by atoms with Crippen molar-refractivity contribution in [3.8, 4) is 17.2 Å². The van der Waals surface area contributed by atoms with Gasteiger partial charge in [0.15, 0.2) is 0 Å². The molecule has 1 aromatic carbocycles. The fourth-order valence-corrected chi connectivity index (χ4v) is 2.80. The average Bonchev–Trinajstić information content (AvgIpc) is 3.13. The van der Waals surface area contributed by atoms with E-state index in [0.29, 0.717) is 23.4 Å². The minimum atomic E-state index is -0.399. The lowest BCUT2D eigenvalue weighted by Crippen LogP contribution is -2.22. The Balaban J connectivity index is 1.58. The quantitative estimate of drug-likeness (QED) is 0.635. The first kappa shape index (κ1) is 17.9. The first-order valence-electron chi connectivity index (χ1n) is 8.10. The highest BCUT2D eigenvalue weighted by Crippen LogP contribution is 2.26. The second kappa shape index (κ2) is 8.48. The Morgan fingerprint density at radius 3 is 2.77 bits per heavy atom. The van der Waals surface area contributed by atoms with Crippen molar-refractivity contribution in [1.82, 2.24) is 15.2 Å². The Bertz CT molecular complexity index is 852. The summed E-state index contributed by atoms with van der Waals surface area (Å²) in [6.45, 7) is 4.30. The third kappa shape index (κ3) is 4.60. The van der Waals surface area contributed by atoms with Crippen molar-refractivity contribution in [2.45, 2.75) is 24.3 Å². The number of carbonyl (C=O) groups is 1. The highest BCUT2D eigenvalue weighted by molar-refractivity contribution is 8.00. The Morgan fingerprint density at radius 1 is 1.27 bits per heavy atom. The molecule has 1 atom stereocenters. The Hall–Kier alpha value is -2.87. The molecule has 0 saturated heterocycles. The van der Waals surface area contributed by atoms with Crippen LogP contribution in [-0.4, -0.2) is 32.9 Å². The molecule has 0 saturated carbocycles. The lowest BCUT2D eigenvalue weighted by Gasteiger charge is -2.10. The van der Waals surface area contributed by atoms with E-state index in [1.165, 1.54) is 11.8 Å². The number of hydrogen-bond acceptors (Lipinski definition) is 7. The topological polar surface area (TPSA) is 90.1 Å². The second-order valence-corrected chi connectivity index (χ2v) is 6.61. The van der Waals surface area contributed by atoms with Crippen LogP contribution < -0.4 is 10.1 Å². The summed E-state index contributed by atoms with van der Waals surface area (Å²) in [7, 11) is 0. The molecule has 0 aliphatic heterocycles. The van der Waals surface area contributed by atoms with Crippen molar-refractivity contribution < 1.29 is 13.9 Å². The third-order valence-electron chi connectivity index (χ3n) is 3.39. The Morgan fingerprint density at radius 2 is 2.08 bits per heavy atom. The summed E-state index contributed by atoms with van der Waals surface area (Å²) in [6, 6.07) is 10.8. The summed E-state index contributed by atoms with van der Waals surface area (Å²) in [6.07, 6.45) is 3.31. The molecule has 0 bridgehead atoms. The summed E-state index contributed by atoms with van der Waals surface area (Å²) >= 11 is 1.20. The number of benzene rings is 1. The maximum atomic E-state index is 12.3. The summed E-state index contributed by atoms with van der Waals surface area (Å²) < 4.78 is 11.0. The van der Waals surface area contributed by atoms with E-state index in [9.17, 15) is 4.79 Å². The molecular formula is C18H18N4O3S. The van der Waals surface area contributed by atoms with E-state index in [2.05, 4.69) is 20.5 Å². The van der Waals surface area contributed by atoms with E-state index < -0.39 is 5.25 Å². The maximum Gasteiger partial charge on any atom is 0.277 e. The van der Waals surface area contributed by atoms with Crippen molar-refractivity contribution in [3.63, 3.8) is 0 Å². The maximum absolute atomic E-state index is 12.3. The number of thioether (sulfide) groups is 1. The van der Waals surface area contributed by atoms with Crippen LogP contribution in [0, 0.1) is 0 Å². The molecule has 2 heterocycles. The molecule has 0 fully saturated rings. The molecule has 0 spiro atoms. The Kier molecular flexibility index (Phi) is 5.85. The molecule has 0 aliphatic carbocycles. The van der Waals surface area contributed by atoms with Crippen molar-refractivity contribution >= 4 is 23.4 Å². The van der Waals surface area contributed by atoms with Gasteiger partial charge in [-0.1, -0.05) is 11.8 Å². The van der Waals surface area contributed by atoms with E-state index in [-0.39, 0.29) is 5.91 Å². The zero-order valence-electron chi connectivity index (χ0n) is 14.4. The molecule has 0 aliphatic rings. The summed E-state index contributed by atoms with van der Waals surface area (Å²) in [4.78, 5) is 16.4. The van der Waals surface area contributed by atoms with Crippen molar-refractivity contribution in [2.24, 2.45) is 0 Å². The standard InChI is InChI=1S/C18H18N4O3S/c1-3-24-15-8-6-14(7-9-15)20-16(23)12(2)26-18-22-21-17(25-18)13-5-4-10-19-11-13/h4-12H,3H2,1-2H3,(H,20,23)/t12-/m0/s1. The zero-order valence-corrected chi connectivity index (χ0v) is 15.2. The van der Waals surface area contributed by atoms with Crippen molar-refractivity contribution in [3.05, 3.63) is 48.8 Å². The number of aromatic nitrogens is 3. The molecule has 1 N–H and O–H groups in total. The predicted octanol–water partition coefficient (Wildman–Crippen LogP) is 3.65. The van der Waals surface area contributed by atoms with Gasteiger partial charge in [-0.2, -0.15) is 0 Å². The summed E-state index contributed by atoms with van der Waals surface area (Å²) in [5.41, 5.74) is 1.44. The number of ether oxygens (including phenoxy) is 1. The molecule has 2 aromatic heterocycles. The molecule has 0 unspecified atom stereocenters. The fraction of sp³-hybridized carbons (Fsp3) is 0.222. The smallest absolute Gasteiger partial charge is 0.277 e. The lowest BCUT2D eigenvalue weighted by atomic mass is 10.3. The third-order valence-corrected chi connectivity index (χ3v) is 4.33. The molecule has 3 aromatic rings. The molecule has 1 amide bonds. The van der Waals surface area contributed by atoms with Crippen LogP contribution in [-0.2, 0) is 4.79 Å². The largest absolute Gasteiger partial charge is 0.494 e. The number of amides is 1. The van der Waals surface area contributed by atoms with Gasteiger partial charge in [0.25, 0.3) is 5.22 Å². The minimum absolute atomic E-state index is 0.153. The normalized spacial score (nSPS) is 11.8. The van der Waals surface area contributed by atoms with Crippen LogP contribution in [0.1, 0.15) is 13.8 Å². The number of nitrogens with one attached hydrogen (secondary N) is 1. The molecule has 8 heteroatoms. The summed E-state index contributed by atoms with van der Waals surface area (Å²) in [5.74, 6) is 0.988. The lowest BCUT2D eigenvalue weighted by molar-refractivity contribution is -0.115. The van der Waals surface area contributed by atoms with Gasteiger partial charge in [-0.15, -0.1) is 10.2 Å². The number of rotatable bonds is 7. The zero-order chi connectivity index (χ0) is 18.4. The monoisotopic (exact) mass is 370 g/mol. The van der Waals surface area contributed by atoms with E-state index in [4.69, 9.17) is 9.15 Å². The van der Waals surface area contributed by atoms with Gasteiger partial charge in [0.2, 0.25) is 11.8 Å². The van der Waals surface area contributed by atoms with Gasteiger partial charge in [-0.05, 0) is 50.2 Å². The SMILES string of the molecule is CCOc1ccc(NC(=O)[C@H](C)Sc2nnc(-c3cccnc3)o2)cc1. The van der Waals surface area contributed by atoms with Gasteiger partial charge in [0.05, 0.1) is 17.4 Å². The van der Waals surface area contributed by atoms with Crippen LogP contribution in [0.3, 0.4) is 0 Å². The number of hydrogen-bond donors (Lipinski definition) is 1. The number of carbonyl (C=O) groups excluding carboxylic acids is 1. The minimum Gasteiger partial charge on any atom is -0.494 e. The van der Waals surface area contributed by atoms with Crippen LogP contribution >= 0.6 is 11.8 Å². The summed E-state index contributed by atoms with van der Waals surface area (Å²) in [5, 5.41) is 10.7. The molecule has 26 heavy (non-hydrogen) atoms. The Labute approximate surface area is 155 Å². The van der Waals surface area contributed by atoms with E-state index in [1.807, 2.05) is 25.1 Å². The second-order valence-electron chi connectivity index (χ2n) is 5.32. The van der Waals surface area contributed by atoms with Gasteiger partial charge in [0, 0.05) is 18.1 Å². The van der Waals surface area contributed by atoms with E-state index in [0.717, 1.165) is 11.3 Å². The van der Waals surface area contributed by atoms with E-state index >= 15 is 0 Å². The number of nitrogens with zero attached hydrogens (tertiary/aromatic N) is 3. The molecular weight excluding hydrogens is 352 g/mol. The van der Waals surface area contributed by atoms with E-state index in [1.54, 1.807) is 37.5 Å². The van der Waals surface area contributed by atoms with Gasteiger partial charge >= 0.3 is 0 Å². The molecule has 134 valence electrons. The molecule has 3 rings (SSSR count). The highest BCUT2D eigenvalue weighted by atomic mass is 32.2. The van der Waals surface area contributed by atoms with Gasteiger partial charge in [-0.3, -0.25) is 9.78 Å². The van der Waals surface area contributed by atoms with Crippen molar-refractivity contribution in [2.75, 3.05) is 11.9 Å². The number of anilines is 1. The molecule has 7 nitrogen and oxygen atoms in total. The van der Waals surface area contributed by atoms with Gasteiger partial charge in [-0.25, -0.2) is 0 Å². The number of pyridine rings is 1. The fourth-order valence-electron chi connectivity index (χ4n) is 2.11. The first-order valence-corrected chi connectivity index (χ1v) is 8.98. The van der Waals surface area contributed by atoms with Crippen molar-refractivity contribution in [1.29, 1.82) is 0 Å². The van der Waals surface area contributed by atoms with Crippen LogP contribution in [0.15, 0.2) is 58.4 Å². The van der Waals surface area contributed by atoms with Gasteiger partial charge < -0.3 is 14.5 Å². The van der Waals surface area contributed by atoms with Crippen LogP contribution in [0.4, 0.5) is 5.69 Å². The molecule has 0 radical (unpaired) electrons. The average molecular weight is 370 g/mol.